The molecule has 1 heterocycles. The Morgan fingerprint density at radius 2 is 1.85 bits per heavy atom. The molecule has 138 valence electrons. The lowest BCUT2D eigenvalue weighted by molar-refractivity contribution is -0.133. The number of likely N-dealkylation sites (tertiary alicyclic amines) is 1. The molecule has 26 heavy (non-hydrogen) atoms. The van der Waals surface area contributed by atoms with E-state index in [1.807, 2.05) is 41.3 Å². The third-order valence-corrected chi connectivity index (χ3v) is 4.43. The van der Waals surface area contributed by atoms with Crippen molar-refractivity contribution in [3.63, 3.8) is 0 Å². The lowest BCUT2D eigenvalue weighted by Crippen LogP contribution is -2.34. The van der Waals surface area contributed by atoms with Gasteiger partial charge in [-0.05, 0) is 48.2 Å². The molecule has 0 unspecified atom stereocenters. The topological polar surface area (TPSA) is 75.4 Å². The van der Waals surface area contributed by atoms with Gasteiger partial charge in [-0.25, -0.2) is 0 Å². The number of anilines is 1. The second kappa shape index (κ2) is 9.36. The van der Waals surface area contributed by atoms with Gasteiger partial charge in [-0.15, -0.1) is 12.4 Å². The summed E-state index contributed by atoms with van der Waals surface area (Å²) in [4.78, 5) is 26.2. The van der Waals surface area contributed by atoms with Gasteiger partial charge in [-0.2, -0.15) is 0 Å². The number of hydrogen-bond donors (Lipinski definition) is 2. The van der Waals surface area contributed by atoms with Crippen molar-refractivity contribution in [1.82, 2.24) is 4.90 Å². The van der Waals surface area contributed by atoms with Gasteiger partial charge in [0.15, 0.2) is 0 Å². The lowest BCUT2D eigenvalue weighted by atomic mass is 10.1. The summed E-state index contributed by atoms with van der Waals surface area (Å²) in [5.74, 6) is 0.0513. The van der Waals surface area contributed by atoms with Crippen LogP contribution in [0.1, 0.15) is 40.7 Å². The number of hydrogen-bond acceptors (Lipinski definition) is 3. The van der Waals surface area contributed by atoms with E-state index in [-0.39, 0.29) is 24.2 Å². The second-order valence-corrected chi connectivity index (χ2v) is 6.33. The molecular formula is C20H24ClN3O2. The number of benzene rings is 2. The summed E-state index contributed by atoms with van der Waals surface area (Å²) >= 11 is 0. The molecule has 0 radical (unpaired) electrons. The predicted octanol–water partition coefficient (Wildman–Crippen LogP) is 3.33. The first kappa shape index (κ1) is 19.9. The normalized spacial score (nSPS) is 13.9. The van der Waals surface area contributed by atoms with E-state index in [4.69, 9.17) is 5.73 Å². The number of rotatable bonds is 5. The Hall–Kier alpha value is -2.37. The molecule has 1 fully saturated rings. The fourth-order valence-corrected chi connectivity index (χ4v) is 2.99. The highest BCUT2D eigenvalue weighted by Crippen LogP contribution is 2.18. The monoisotopic (exact) mass is 373 g/mol. The minimum Gasteiger partial charge on any atom is -0.338 e. The summed E-state index contributed by atoms with van der Waals surface area (Å²) in [6.45, 7) is 1.86. The summed E-state index contributed by atoms with van der Waals surface area (Å²) in [5.41, 5.74) is 8.91. The Kier molecular flexibility index (Phi) is 7.18. The highest BCUT2D eigenvalue weighted by molar-refractivity contribution is 6.04. The Morgan fingerprint density at radius 1 is 1.08 bits per heavy atom. The highest BCUT2D eigenvalue weighted by atomic mass is 35.5. The largest absolute Gasteiger partial charge is 0.338 e. The van der Waals surface area contributed by atoms with Crippen molar-refractivity contribution >= 4 is 29.9 Å². The molecule has 1 aliphatic heterocycles. The molecule has 0 saturated carbocycles. The molecule has 6 heteroatoms. The van der Waals surface area contributed by atoms with E-state index in [0.717, 1.165) is 36.2 Å². The number of nitrogens with zero attached hydrogens (tertiary/aromatic N) is 1. The zero-order valence-electron chi connectivity index (χ0n) is 14.6. The van der Waals surface area contributed by atoms with Gasteiger partial charge in [0.05, 0.1) is 0 Å². The zero-order chi connectivity index (χ0) is 17.6. The molecule has 2 amide bonds. The molecule has 0 spiro atoms. The van der Waals surface area contributed by atoms with Crippen molar-refractivity contribution in [2.24, 2.45) is 5.73 Å². The zero-order valence-corrected chi connectivity index (χ0v) is 15.4. The molecule has 2 aromatic rings. The van der Waals surface area contributed by atoms with Gasteiger partial charge in [-0.3, -0.25) is 9.59 Å². The first-order chi connectivity index (χ1) is 12.2. The van der Waals surface area contributed by atoms with Crippen molar-refractivity contribution in [2.75, 3.05) is 11.9 Å². The van der Waals surface area contributed by atoms with Gasteiger partial charge in [0.1, 0.15) is 0 Å². The number of carbonyl (C=O) groups excluding carboxylic acids is 2. The summed E-state index contributed by atoms with van der Waals surface area (Å²) < 4.78 is 0. The van der Waals surface area contributed by atoms with Crippen LogP contribution in [0.15, 0.2) is 48.5 Å². The van der Waals surface area contributed by atoms with Gasteiger partial charge in [0, 0.05) is 37.3 Å². The van der Waals surface area contributed by atoms with Crippen molar-refractivity contribution in [3.8, 4) is 0 Å². The van der Waals surface area contributed by atoms with Crippen LogP contribution in [-0.4, -0.2) is 23.3 Å². The van der Waals surface area contributed by atoms with E-state index in [0.29, 0.717) is 25.1 Å². The highest BCUT2D eigenvalue weighted by Gasteiger charge is 2.18. The van der Waals surface area contributed by atoms with Gasteiger partial charge in [0.2, 0.25) is 5.91 Å². The van der Waals surface area contributed by atoms with E-state index in [2.05, 4.69) is 5.32 Å². The minimum atomic E-state index is -0.158. The van der Waals surface area contributed by atoms with Gasteiger partial charge < -0.3 is 16.0 Å². The van der Waals surface area contributed by atoms with E-state index in [1.165, 1.54) is 0 Å². The van der Waals surface area contributed by atoms with Crippen molar-refractivity contribution in [3.05, 3.63) is 65.2 Å². The minimum absolute atomic E-state index is 0. The number of carbonyl (C=O) groups is 2. The smallest absolute Gasteiger partial charge is 0.255 e. The van der Waals surface area contributed by atoms with E-state index in [1.54, 1.807) is 12.1 Å². The van der Waals surface area contributed by atoms with Crippen LogP contribution in [0.4, 0.5) is 5.69 Å². The molecule has 0 aliphatic carbocycles. The van der Waals surface area contributed by atoms with E-state index >= 15 is 0 Å². The summed E-state index contributed by atoms with van der Waals surface area (Å²) in [6, 6.07) is 14.9. The van der Waals surface area contributed by atoms with Crippen LogP contribution < -0.4 is 11.1 Å². The predicted molar refractivity (Wildman–Crippen MR) is 105 cm³/mol. The molecule has 5 nitrogen and oxygen atoms in total. The number of nitrogens with one attached hydrogen (secondary N) is 1. The number of piperidine rings is 1. The molecule has 3 rings (SSSR count). The van der Waals surface area contributed by atoms with Crippen LogP contribution in [0.5, 0.6) is 0 Å². The number of amides is 2. The lowest BCUT2D eigenvalue weighted by Gasteiger charge is -2.26. The second-order valence-electron chi connectivity index (χ2n) is 6.33. The molecular weight excluding hydrogens is 350 g/mol. The average Bonchev–Trinajstić information content (AvgIpc) is 2.64. The quantitative estimate of drug-likeness (QED) is 0.844. The Morgan fingerprint density at radius 3 is 2.54 bits per heavy atom. The molecule has 3 N–H and O–H groups in total. The maximum Gasteiger partial charge on any atom is 0.255 e. The van der Waals surface area contributed by atoms with Crippen molar-refractivity contribution < 1.29 is 9.59 Å². The van der Waals surface area contributed by atoms with Gasteiger partial charge >= 0.3 is 0 Å². The number of nitrogens with two attached hydrogens (primary N) is 1. The van der Waals surface area contributed by atoms with Crippen molar-refractivity contribution in [1.29, 1.82) is 0 Å². The Labute approximate surface area is 160 Å². The van der Waals surface area contributed by atoms with Gasteiger partial charge in [-0.1, -0.05) is 24.3 Å². The van der Waals surface area contributed by atoms with E-state index in [9.17, 15) is 9.59 Å². The SMILES string of the molecule is Cl.NCc1ccc(C(=O)Nc2cccc(CN3CCCCC3=O)c2)cc1. The molecule has 0 aromatic heterocycles. The first-order valence-corrected chi connectivity index (χ1v) is 8.63. The van der Waals surface area contributed by atoms with Gasteiger partial charge in [0.25, 0.3) is 5.91 Å². The summed E-state index contributed by atoms with van der Waals surface area (Å²) in [6.07, 6.45) is 2.67. The molecule has 1 saturated heterocycles. The number of halogens is 1. The van der Waals surface area contributed by atoms with E-state index < -0.39 is 0 Å². The molecule has 0 bridgehead atoms. The standard InChI is InChI=1S/C20H23N3O2.ClH/c21-13-15-7-9-17(10-8-15)20(25)22-18-5-3-4-16(12-18)14-23-11-2-1-6-19(23)24;/h3-5,7-10,12H,1-2,6,11,13-14,21H2,(H,22,25);1H. The van der Waals surface area contributed by atoms with Crippen LogP contribution in [0.25, 0.3) is 0 Å². The van der Waals surface area contributed by atoms with Crippen LogP contribution in [0.3, 0.4) is 0 Å². The van der Waals surface area contributed by atoms with Crippen LogP contribution in [0, 0.1) is 0 Å². The van der Waals surface area contributed by atoms with Crippen molar-refractivity contribution in [2.45, 2.75) is 32.4 Å². The molecule has 1 aliphatic rings. The first-order valence-electron chi connectivity index (χ1n) is 8.63. The van der Waals surface area contributed by atoms with Crippen LogP contribution in [0.2, 0.25) is 0 Å². The Balaban J connectivity index is 0.00000243. The third-order valence-electron chi connectivity index (χ3n) is 4.43. The molecule has 2 aromatic carbocycles. The summed E-state index contributed by atoms with van der Waals surface area (Å²) in [5, 5.41) is 2.91. The molecule has 0 atom stereocenters. The fourth-order valence-electron chi connectivity index (χ4n) is 2.99. The van der Waals surface area contributed by atoms with Crippen LogP contribution >= 0.6 is 12.4 Å². The average molecular weight is 374 g/mol. The third kappa shape index (κ3) is 5.07. The Bertz CT molecular complexity index is 762. The maximum absolute atomic E-state index is 12.4. The summed E-state index contributed by atoms with van der Waals surface area (Å²) in [7, 11) is 0. The fraction of sp³-hybridized carbons (Fsp3) is 0.300. The maximum atomic E-state index is 12.4. The van der Waals surface area contributed by atoms with Crippen LogP contribution in [-0.2, 0) is 17.9 Å².